The van der Waals surface area contributed by atoms with E-state index in [0.29, 0.717) is 5.75 Å². The summed E-state index contributed by atoms with van der Waals surface area (Å²) in [7, 11) is 0. The first-order chi connectivity index (χ1) is 3.81. The van der Waals surface area contributed by atoms with Crippen LogP contribution < -0.4 is 0 Å². The number of thiol groups is 1. The molecule has 0 aromatic rings. The van der Waals surface area contributed by atoms with E-state index in [-0.39, 0.29) is 6.10 Å². The fraction of sp³-hybridized carbons (Fsp3) is 1.00. The molecule has 0 saturated carbocycles. The van der Waals surface area contributed by atoms with Gasteiger partial charge in [-0.3, -0.25) is 0 Å². The second-order valence-electron chi connectivity index (χ2n) is 1.98. The molecule has 0 aliphatic carbocycles. The van der Waals surface area contributed by atoms with Crippen LogP contribution in [0.1, 0.15) is 26.2 Å². The molecule has 0 radical (unpaired) electrons. The van der Waals surface area contributed by atoms with E-state index in [2.05, 4.69) is 19.6 Å². The van der Waals surface area contributed by atoms with Crippen molar-refractivity contribution < 1.29 is 5.11 Å². The van der Waals surface area contributed by atoms with Crippen LogP contribution >= 0.6 is 12.6 Å². The topological polar surface area (TPSA) is 20.2 Å². The van der Waals surface area contributed by atoms with E-state index < -0.39 is 0 Å². The molecular formula is C6H14OS. The molecule has 1 nitrogen and oxygen atoms in total. The quantitative estimate of drug-likeness (QED) is 0.558. The van der Waals surface area contributed by atoms with Crippen molar-refractivity contribution in [3.8, 4) is 0 Å². The Hall–Kier alpha value is 0.310. The lowest BCUT2D eigenvalue weighted by Crippen LogP contribution is -2.06. The first-order valence-electron chi connectivity index (χ1n) is 3.10. The van der Waals surface area contributed by atoms with Crippen LogP contribution in [0.25, 0.3) is 0 Å². The molecule has 0 aliphatic heterocycles. The molecule has 0 heterocycles. The van der Waals surface area contributed by atoms with Gasteiger partial charge in [-0.2, -0.15) is 12.6 Å². The van der Waals surface area contributed by atoms with E-state index in [4.69, 9.17) is 5.11 Å². The molecule has 2 heteroatoms. The normalized spacial score (nSPS) is 13.9. The lowest BCUT2D eigenvalue weighted by molar-refractivity contribution is 0.186. The zero-order valence-electron chi connectivity index (χ0n) is 5.30. The predicted molar refractivity (Wildman–Crippen MR) is 39.4 cm³/mol. The van der Waals surface area contributed by atoms with E-state index in [0.717, 1.165) is 19.3 Å². The van der Waals surface area contributed by atoms with Crippen LogP contribution in [0.3, 0.4) is 0 Å². The van der Waals surface area contributed by atoms with Crippen LogP contribution in [-0.2, 0) is 0 Å². The van der Waals surface area contributed by atoms with Crippen molar-refractivity contribution in [1.82, 2.24) is 0 Å². The Kier molecular flexibility index (Phi) is 5.66. The molecule has 0 aliphatic rings. The fourth-order valence-electron chi connectivity index (χ4n) is 0.531. The van der Waals surface area contributed by atoms with Crippen molar-refractivity contribution >= 4 is 12.6 Å². The Morgan fingerprint density at radius 3 is 2.62 bits per heavy atom. The summed E-state index contributed by atoms with van der Waals surface area (Å²) in [5.41, 5.74) is 0. The summed E-state index contributed by atoms with van der Waals surface area (Å²) in [4.78, 5) is 0. The summed E-state index contributed by atoms with van der Waals surface area (Å²) in [6.07, 6.45) is 2.99. The van der Waals surface area contributed by atoms with Gasteiger partial charge in [-0.05, 0) is 6.42 Å². The first kappa shape index (κ1) is 8.31. The van der Waals surface area contributed by atoms with Crippen molar-refractivity contribution in [2.45, 2.75) is 32.3 Å². The number of hydrogen-bond acceptors (Lipinski definition) is 2. The number of aliphatic hydroxyl groups excluding tert-OH is 1. The Morgan fingerprint density at radius 1 is 1.62 bits per heavy atom. The van der Waals surface area contributed by atoms with Gasteiger partial charge in [-0.15, -0.1) is 0 Å². The molecule has 0 aromatic carbocycles. The van der Waals surface area contributed by atoms with Gasteiger partial charge in [0.15, 0.2) is 0 Å². The first-order valence-corrected chi connectivity index (χ1v) is 3.73. The Balaban J connectivity index is 2.86. The van der Waals surface area contributed by atoms with Crippen molar-refractivity contribution in [1.29, 1.82) is 0 Å². The lowest BCUT2D eigenvalue weighted by atomic mass is 10.2. The standard InChI is InChI=1S/C6H14OS/c1-2-3-4-6(7)5-8/h6-8H,2-5H2,1H3/t6-/m1/s1. The lowest BCUT2D eigenvalue weighted by Gasteiger charge is -2.03. The summed E-state index contributed by atoms with van der Waals surface area (Å²) in [6.45, 7) is 2.12. The predicted octanol–water partition coefficient (Wildman–Crippen LogP) is 1.47. The van der Waals surface area contributed by atoms with Crippen molar-refractivity contribution in [3.63, 3.8) is 0 Å². The third-order valence-corrected chi connectivity index (χ3v) is 1.52. The minimum Gasteiger partial charge on any atom is -0.392 e. The van der Waals surface area contributed by atoms with Gasteiger partial charge in [0.25, 0.3) is 0 Å². The van der Waals surface area contributed by atoms with Crippen LogP contribution in [0, 0.1) is 0 Å². The summed E-state index contributed by atoms with van der Waals surface area (Å²) >= 11 is 3.94. The van der Waals surface area contributed by atoms with Gasteiger partial charge in [0.2, 0.25) is 0 Å². The SMILES string of the molecule is CCCC[C@@H](O)CS. The highest BCUT2D eigenvalue weighted by Gasteiger charge is 1.97. The molecule has 0 unspecified atom stereocenters. The van der Waals surface area contributed by atoms with Crippen LogP contribution in [0.15, 0.2) is 0 Å². The number of aliphatic hydroxyl groups is 1. The number of unbranched alkanes of at least 4 members (excludes halogenated alkanes) is 1. The highest BCUT2D eigenvalue weighted by Crippen LogP contribution is 2.00. The van der Waals surface area contributed by atoms with E-state index in [1.54, 1.807) is 0 Å². The Bertz CT molecular complexity index is 47.8. The molecule has 0 saturated heterocycles. The summed E-state index contributed by atoms with van der Waals surface area (Å²) in [6, 6.07) is 0. The van der Waals surface area contributed by atoms with Crippen molar-refractivity contribution in [2.24, 2.45) is 0 Å². The van der Waals surface area contributed by atoms with Crippen molar-refractivity contribution in [3.05, 3.63) is 0 Å². The molecule has 0 rings (SSSR count). The van der Waals surface area contributed by atoms with Gasteiger partial charge in [0.05, 0.1) is 6.10 Å². The molecule has 0 fully saturated rings. The van der Waals surface area contributed by atoms with Gasteiger partial charge in [-0.25, -0.2) is 0 Å². The third-order valence-electron chi connectivity index (χ3n) is 1.10. The van der Waals surface area contributed by atoms with Gasteiger partial charge in [0.1, 0.15) is 0 Å². The minimum atomic E-state index is -0.182. The summed E-state index contributed by atoms with van der Waals surface area (Å²) in [5, 5.41) is 8.91. The molecule has 0 amide bonds. The molecule has 1 atom stereocenters. The van der Waals surface area contributed by atoms with Gasteiger partial charge in [0, 0.05) is 5.75 Å². The molecule has 0 bridgehead atoms. The zero-order chi connectivity index (χ0) is 6.41. The van der Waals surface area contributed by atoms with Gasteiger partial charge in [-0.1, -0.05) is 19.8 Å². The summed E-state index contributed by atoms with van der Waals surface area (Å²) < 4.78 is 0. The highest BCUT2D eigenvalue weighted by molar-refractivity contribution is 7.80. The minimum absolute atomic E-state index is 0.182. The average Bonchev–Trinajstić information content (AvgIpc) is 1.83. The van der Waals surface area contributed by atoms with Gasteiger partial charge < -0.3 is 5.11 Å². The molecule has 0 aromatic heterocycles. The molecular weight excluding hydrogens is 120 g/mol. The van der Waals surface area contributed by atoms with Crippen molar-refractivity contribution in [2.75, 3.05) is 5.75 Å². The fourth-order valence-corrected chi connectivity index (χ4v) is 0.714. The second-order valence-corrected chi connectivity index (χ2v) is 2.34. The number of rotatable bonds is 4. The zero-order valence-corrected chi connectivity index (χ0v) is 6.19. The molecule has 0 spiro atoms. The van der Waals surface area contributed by atoms with E-state index in [1.165, 1.54) is 0 Å². The maximum absolute atomic E-state index is 8.91. The largest absolute Gasteiger partial charge is 0.392 e. The molecule has 50 valence electrons. The van der Waals surface area contributed by atoms with E-state index >= 15 is 0 Å². The van der Waals surface area contributed by atoms with Crippen LogP contribution in [-0.4, -0.2) is 17.0 Å². The van der Waals surface area contributed by atoms with Crippen LogP contribution in [0.4, 0.5) is 0 Å². The monoisotopic (exact) mass is 134 g/mol. The van der Waals surface area contributed by atoms with E-state index in [9.17, 15) is 0 Å². The highest BCUT2D eigenvalue weighted by atomic mass is 32.1. The average molecular weight is 134 g/mol. The maximum atomic E-state index is 8.91. The maximum Gasteiger partial charge on any atom is 0.0628 e. The summed E-state index contributed by atoms with van der Waals surface area (Å²) in [5.74, 6) is 0.597. The Morgan fingerprint density at radius 2 is 2.25 bits per heavy atom. The second kappa shape index (κ2) is 5.45. The molecule has 1 N–H and O–H groups in total. The smallest absolute Gasteiger partial charge is 0.0628 e. The third kappa shape index (κ3) is 4.47. The van der Waals surface area contributed by atoms with Crippen LogP contribution in [0.5, 0.6) is 0 Å². The van der Waals surface area contributed by atoms with Crippen LogP contribution in [0.2, 0.25) is 0 Å². The number of hydrogen-bond donors (Lipinski definition) is 2. The Labute approximate surface area is 56.5 Å². The van der Waals surface area contributed by atoms with Gasteiger partial charge >= 0.3 is 0 Å². The van der Waals surface area contributed by atoms with E-state index in [1.807, 2.05) is 0 Å². The molecule has 8 heavy (non-hydrogen) atoms.